The molecule has 0 spiro atoms. The Morgan fingerprint density at radius 1 is 1.15 bits per heavy atom. The van der Waals surface area contributed by atoms with Crippen molar-refractivity contribution in [2.75, 3.05) is 26.2 Å². The molecule has 5 nitrogen and oxygen atoms in total. The Morgan fingerprint density at radius 2 is 1.90 bits per heavy atom. The molecule has 112 valence electrons. The summed E-state index contributed by atoms with van der Waals surface area (Å²) in [5.74, 6) is 0.883. The molecule has 20 heavy (non-hydrogen) atoms. The molecule has 2 amide bonds. The smallest absolute Gasteiger partial charge is 0.245 e. The minimum absolute atomic E-state index is 0.0189. The molecule has 0 aromatic carbocycles. The second-order valence-electron chi connectivity index (χ2n) is 6.54. The molecule has 0 bridgehead atoms. The Bertz CT molecular complexity index is 393. The first kappa shape index (κ1) is 13.9. The summed E-state index contributed by atoms with van der Waals surface area (Å²) in [6.45, 7) is 5.19. The van der Waals surface area contributed by atoms with Crippen LogP contribution in [0, 0.1) is 5.92 Å². The summed E-state index contributed by atoms with van der Waals surface area (Å²) in [6.07, 6.45) is 6.73. The van der Waals surface area contributed by atoms with Crippen LogP contribution in [0.4, 0.5) is 0 Å². The van der Waals surface area contributed by atoms with Gasteiger partial charge in [-0.3, -0.25) is 14.5 Å². The monoisotopic (exact) mass is 279 g/mol. The highest BCUT2D eigenvalue weighted by molar-refractivity contribution is 5.97. The molecule has 0 aromatic heterocycles. The Labute approximate surface area is 120 Å². The van der Waals surface area contributed by atoms with Gasteiger partial charge in [-0.05, 0) is 25.7 Å². The number of hydrogen-bond donors (Lipinski definition) is 1. The third-order valence-electron chi connectivity index (χ3n) is 5.02. The summed E-state index contributed by atoms with van der Waals surface area (Å²) in [5.41, 5.74) is 0. The van der Waals surface area contributed by atoms with Crippen LogP contribution in [0.5, 0.6) is 0 Å². The maximum absolute atomic E-state index is 12.1. The lowest BCUT2D eigenvalue weighted by Gasteiger charge is -2.45. The lowest BCUT2D eigenvalue weighted by atomic mass is 9.88. The van der Waals surface area contributed by atoms with Gasteiger partial charge in [0.15, 0.2) is 0 Å². The van der Waals surface area contributed by atoms with Crippen molar-refractivity contribution in [3.05, 3.63) is 0 Å². The summed E-state index contributed by atoms with van der Waals surface area (Å²) in [6, 6.07) is -0.625. The highest BCUT2D eigenvalue weighted by Gasteiger charge is 2.41. The highest BCUT2D eigenvalue weighted by atomic mass is 16.2. The average molecular weight is 279 g/mol. The molecular formula is C15H25N3O2. The van der Waals surface area contributed by atoms with Crippen molar-refractivity contribution in [2.24, 2.45) is 5.92 Å². The molecule has 0 aromatic rings. The van der Waals surface area contributed by atoms with Gasteiger partial charge in [-0.15, -0.1) is 0 Å². The fourth-order valence-electron chi connectivity index (χ4n) is 3.85. The number of hydrogen-bond acceptors (Lipinski definition) is 3. The number of nitrogens with one attached hydrogen (secondary N) is 1. The molecule has 2 saturated heterocycles. The van der Waals surface area contributed by atoms with Crippen molar-refractivity contribution in [1.82, 2.24) is 15.1 Å². The van der Waals surface area contributed by atoms with E-state index in [2.05, 4.69) is 10.2 Å². The molecule has 1 saturated carbocycles. The first-order chi connectivity index (χ1) is 9.65. The van der Waals surface area contributed by atoms with E-state index in [1.54, 1.807) is 11.8 Å². The van der Waals surface area contributed by atoms with Crippen molar-refractivity contribution in [3.63, 3.8) is 0 Å². The number of rotatable bonds is 2. The van der Waals surface area contributed by atoms with Gasteiger partial charge in [-0.1, -0.05) is 19.3 Å². The number of carbonyl (C=O) groups is 2. The fraction of sp³-hybridized carbons (Fsp3) is 0.867. The molecule has 2 heterocycles. The van der Waals surface area contributed by atoms with Crippen LogP contribution in [0.15, 0.2) is 0 Å². The van der Waals surface area contributed by atoms with Crippen LogP contribution in [0.1, 0.15) is 39.0 Å². The Balaban J connectivity index is 1.59. The van der Waals surface area contributed by atoms with Crippen LogP contribution in [0.25, 0.3) is 0 Å². The summed E-state index contributed by atoms with van der Waals surface area (Å²) in [5, 5.41) is 2.80. The molecule has 2 atom stereocenters. The molecule has 2 aliphatic heterocycles. The second-order valence-corrected chi connectivity index (χ2v) is 6.54. The Hall–Kier alpha value is -1.10. The van der Waals surface area contributed by atoms with Gasteiger partial charge in [0, 0.05) is 26.2 Å². The van der Waals surface area contributed by atoms with Gasteiger partial charge in [0.2, 0.25) is 11.8 Å². The summed E-state index contributed by atoms with van der Waals surface area (Å²) in [4.78, 5) is 28.4. The van der Waals surface area contributed by atoms with Crippen LogP contribution in [-0.2, 0) is 9.59 Å². The van der Waals surface area contributed by atoms with Gasteiger partial charge in [0.05, 0.1) is 0 Å². The highest BCUT2D eigenvalue weighted by Crippen LogP contribution is 2.25. The van der Waals surface area contributed by atoms with E-state index in [0.29, 0.717) is 13.1 Å². The zero-order chi connectivity index (χ0) is 14.1. The zero-order valence-corrected chi connectivity index (χ0v) is 12.3. The number of piperazine rings is 2. The van der Waals surface area contributed by atoms with Gasteiger partial charge in [0.25, 0.3) is 0 Å². The molecule has 1 N–H and O–H groups in total. The summed E-state index contributed by atoms with van der Waals surface area (Å²) < 4.78 is 0. The minimum atomic E-state index is -0.358. The van der Waals surface area contributed by atoms with Crippen LogP contribution >= 0.6 is 0 Å². The predicted molar refractivity (Wildman–Crippen MR) is 76.1 cm³/mol. The molecule has 3 aliphatic rings. The number of fused-ring (bicyclic) bond motifs is 1. The third kappa shape index (κ3) is 2.68. The maximum atomic E-state index is 12.1. The maximum Gasteiger partial charge on any atom is 0.245 e. The number of carbonyl (C=O) groups excluding carboxylic acids is 2. The topological polar surface area (TPSA) is 52.7 Å². The van der Waals surface area contributed by atoms with Crippen molar-refractivity contribution in [3.8, 4) is 0 Å². The third-order valence-corrected chi connectivity index (χ3v) is 5.02. The predicted octanol–water partition coefficient (Wildman–Crippen LogP) is 0.598. The van der Waals surface area contributed by atoms with E-state index in [9.17, 15) is 9.59 Å². The van der Waals surface area contributed by atoms with Crippen LogP contribution in [0.2, 0.25) is 0 Å². The Morgan fingerprint density at radius 3 is 2.65 bits per heavy atom. The standard InChI is InChI=1S/C15H25N3O2/c1-11-15(20)18-8-7-17(10-13(18)14(19)16-11)9-12-5-3-2-4-6-12/h11-13H,2-10H2,1H3,(H,16,19)/t11-,13+/m0/s1. The molecular weight excluding hydrogens is 254 g/mol. The average Bonchev–Trinajstić information content (AvgIpc) is 2.46. The number of amides is 2. The van der Waals surface area contributed by atoms with E-state index in [1.165, 1.54) is 32.1 Å². The largest absolute Gasteiger partial charge is 0.343 e. The first-order valence-corrected chi connectivity index (χ1v) is 7.98. The molecule has 1 aliphatic carbocycles. The zero-order valence-electron chi connectivity index (χ0n) is 12.3. The lowest BCUT2D eigenvalue weighted by molar-refractivity contribution is -0.152. The van der Waals surface area contributed by atoms with Crippen molar-refractivity contribution in [2.45, 2.75) is 51.1 Å². The van der Waals surface area contributed by atoms with Gasteiger partial charge < -0.3 is 10.2 Å². The Kier molecular flexibility index (Phi) is 3.96. The van der Waals surface area contributed by atoms with Crippen molar-refractivity contribution < 1.29 is 9.59 Å². The van der Waals surface area contributed by atoms with E-state index < -0.39 is 0 Å². The van der Waals surface area contributed by atoms with Gasteiger partial charge >= 0.3 is 0 Å². The van der Waals surface area contributed by atoms with Crippen LogP contribution in [0.3, 0.4) is 0 Å². The molecule has 3 rings (SSSR count). The molecule has 0 unspecified atom stereocenters. The van der Waals surface area contributed by atoms with Crippen molar-refractivity contribution >= 4 is 11.8 Å². The van der Waals surface area contributed by atoms with Gasteiger partial charge in [-0.25, -0.2) is 0 Å². The molecule has 0 radical (unpaired) electrons. The quantitative estimate of drug-likeness (QED) is 0.805. The van der Waals surface area contributed by atoms with E-state index >= 15 is 0 Å². The molecule has 5 heteroatoms. The lowest BCUT2D eigenvalue weighted by Crippen LogP contribution is -2.68. The van der Waals surface area contributed by atoms with Gasteiger partial charge in [0.1, 0.15) is 12.1 Å². The van der Waals surface area contributed by atoms with Crippen molar-refractivity contribution in [1.29, 1.82) is 0 Å². The summed E-state index contributed by atoms with van der Waals surface area (Å²) >= 11 is 0. The normalized spacial score (nSPS) is 33.0. The van der Waals surface area contributed by atoms with Crippen LogP contribution in [-0.4, -0.2) is 59.9 Å². The van der Waals surface area contributed by atoms with E-state index in [0.717, 1.165) is 19.0 Å². The minimum Gasteiger partial charge on any atom is -0.343 e. The fourth-order valence-corrected chi connectivity index (χ4v) is 3.85. The van der Waals surface area contributed by atoms with E-state index in [-0.39, 0.29) is 23.9 Å². The van der Waals surface area contributed by atoms with E-state index in [4.69, 9.17) is 0 Å². The molecule has 3 fully saturated rings. The number of nitrogens with zero attached hydrogens (tertiary/aromatic N) is 2. The van der Waals surface area contributed by atoms with Crippen LogP contribution < -0.4 is 5.32 Å². The SMILES string of the molecule is C[C@@H]1NC(=O)[C@H]2CN(CC3CCCCC3)CCN2C1=O. The van der Waals surface area contributed by atoms with Gasteiger partial charge in [-0.2, -0.15) is 0 Å². The van der Waals surface area contributed by atoms with E-state index in [1.807, 2.05) is 0 Å². The summed E-state index contributed by atoms with van der Waals surface area (Å²) in [7, 11) is 0. The second kappa shape index (κ2) is 5.72. The first-order valence-electron chi connectivity index (χ1n) is 7.98.